The lowest BCUT2D eigenvalue weighted by Crippen LogP contribution is -2.59. The lowest BCUT2D eigenvalue weighted by atomic mass is 9.90. The number of ether oxygens (including phenoxy) is 1. The monoisotopic (exact) mass is 394 g/mol. The van der Waals surface area contributed by atoms with Gasteiger partial charge in [-0.2, -0.15) is 0 Å². The molecule has 2 N–H and O–H groups in total. The van der Waals surface area contributed by atoms with Gasteiger partial charge in [0.2, 0.25) is 0 Å². The number of nitrogens with zero attached hydrogens (tertiary/aromatic N) is 1. The van der Waals surface area contributed by atoms with E-state index in [1.165, 1.54) is 25.1 Å². The molecule has 9 heteroatoms. The van der Waals surface area contributed by atoms with Crippen molar-refractivity contribution in [3.05, 3.63) is 34.1 Å². The van der Waals surface area contributed by atoms with Crippen LogP contribution in [0.2, 0.25) is 0 Å². The van der Waals surface area contributed by atoms with Gasteiger partial charge in [0.15, 0.2) is 5.60 Å². The Morgan fingerprint density at radius 1 is 1.48 bits per heavy atom. The third-order valence-corrected chi connectivity index (χ3v) is 4.08. The van der Waals surface area contributed by atoms with E-state index in [4.69, 9.17) is 9.84 Å². The molecule has 0 saturated carbocycles. The fourth-order valence-corrected chi connectivity index (χ4v) is 2.62. The van der Waals surface area contributed by atoms with E-state index >= 15 is 0 Å². The van der Waals surface area contributed by atoms with Crippen LogP contribution in [0.1, 0.15) is 12.5 Å². The maximum atomic E-state index is 14.1. The molecule has 0 saturated heterocycles. The van der Waals surface area contributed by atoms with Gasteiger partial charge in [-0.15, -0.1) is 0 Å². The molecule has 23 heavy (non-hydrogen) atoms. The number of alkyl halides is 2. The molecular formula is C14H14BrF3N2O3. The summed E-state index contributed by atoms with van der Waals surface area (Å²) in [7, 11) is 0. The number of carbonyl (C=O) groups is 1. The summed E-state index contributed by atoms with van der Waals surface area (Å²) < 4.78 is 46.5. The molecule has 1 aromatic carbocycles. The zero-order valence-electron chi connectivity index (χ0n) is 12.1. The highest BCUT2D eigenvalue weighted by Gasteiger charge is 2.47. The summed E-state index contributed by atoms with van der Waals surface area (Å²) in [5.74, 6) is -1.12. The fraction of sp³-hybridized carbons (Fsp3) is 0.429. The third kappa shape index (κ3) is 3.35. The Hall–Kier alpha value is -1.61. The summed E-state index contributed by atoms with van der Waals surface area (Å²) in [6, 6.07) is 4.15. The van der Waals surface area contributed by atoms with Crippen molar-refractivity contribution in [3.8, 4) is 0 Å². The summed E-state index contributed by atoms with van der Waals surface area (Å²) in [6.07, 6.45) is -1.54. The van der Waals surface area contributed by atoms with Crippen LogP contribution < -0.4 is 5.32 Å². The van der Waals surface area contributed by atoms with Crippen molar-refractivity contribution in [1.82, 2.24) is 5.32 Å². The van der Waals surface area contributed by atoms with Crippen LogP contribution >= 0.6 is 15.9 Å². The first-order valence-electron chi connectivity index (χ1n) is 6.58. The fourth-order valence-electron chi connectivity index (χ4n) is 2.26. The van der Waals surface area contributed by atoms with E-state index in [-0.39, 0.29) is 12.2 Å². The van der Waals surface area contributed by atoms with Gasteiger partial charge < -0.3 is 9.84 Å². The Balaban J connectivity index is 2.56. The summed E-state index contributed by atoms with van der Waals surface area (Å²) in [4.78, 5) is 15.0. The Morgan fingerprint density at radius 3 is 2.70 bits per heavy atom. The van der Waals surface area contributed by atoms with E-state index < -0.39 is 42.2 Å². The van der Waals surface area contributed by atoms with Crippen molar-refractivity contribution >= 4 is 27.9 Å². The highest BCUT2D eigenvalue weighted by atomic mass is 79.9. The third-order valence-electron chi connectivity index (χ3n) is 3.59. The van der Waals surface area contributed by atoms with Crippen LogP contribution in [0.5, 0.6) is 0 Å². The molecule has 0 fully saturated rings. The van der Waals surface area contributed by atoms with E-state index in [9.17, 15) is 18.0 Å². The Kier molecular flexibility index (Phi) is 5.00. The van der Waals surface area contributed by atoms with Crippen molar-refractivity contribution in [3.63, 3.8) is 0 Å². The second kappa shape index (κ2) is 6.48. The molecule has 5 nitrogen and oxygen atoms in total. The summed E-state index contributed by atoms with van der Waals surface area (Å²) in [5, 5.41) is 10.7. The van der Waals surface area contributed by atoms with Gasteiger partial charge in [-0.25, -0.2) is 18.0 Å². The number of rotatable bonds is 3. The minimum atomic E-state index is -2.12. The molecule has 1 heterocycles. The topological polar surface area (TPSA) is 70.9 Å². The standard InChI is InChI=1S/C14H14BrF3N2O3/c1-13(9-4-8(15)2-3-10(9)18)7-23-14(5-16,6-17)11(20-13)19-12(21)22/h2-4H,5-7H2,1H3,(H,19,20)(H,21,22). The second-order valence-corrected chi connectivity index (χ2v) is 6.25. The van der Waals surface area contributed by atoms with Gasteiger partial charge >= 0.3 is 6.09 Å². The average Bonchev–Trinajstić information content (AvgIpc) is 2.50. The molecule has 0 aliphatic carbocycles. The minimum absolute atomic E-state index is 0.114. The van der Waals surface area contributed by atoms with Gasteiger partial charge in [0.05, 0.1) is 6.61 Å². The lowest BCUT2D eigenvalue weighted by molar-refractivity contribution is -0.0588. The number of hydrogen-bond donors (Lipinski definition) is 2. The first-order valence-corrected chi connectivity index (χ1v) is 7.37. The molecule has 0 aromatic heterocycles. The number of aliphatic imine (C=N–C) groups is 1. The van der Waals surface area contributed by atoms with Crippen LogP contribution in [0.3, 0.4) is 0 Å². The largest absolute Gasteiger partial charge is 0.465 e. The first kappa shape index (κ1) is 17.7. The van der Waals surface area contributed by atoms with E-state index in [0.29, 0.717) is 4.47 Å². The number of amides is 1. The van der Waals surface area contributed by atoms with Crippen molar-refractivity contribution in [2.45, 2.75) is 18.1 Å². The predicted octanol–water partition coefficient (Wildman–Crippen LogP) is 3.18. The van der Waals surface area contributed by atoms with E-state index in [0.717, 1.165) is 0 Å². The van der Waals surface area contributed by atoms with Crippen molar-refractivity contribution in [2.24, 2.45) is 4.99 Å². The van der Waals surface area contributed by atoms with Gasteiger partial charge in [0, 0.05) is 10.0 Å². The van der Waals surface area contributed by atoms with Crippen LogP contribution in [0, 0.1) is 5.82 Å². The Bertz CT molecular complexity index is 652. The van der Waals surface area contributed by atoms with Crippen molar-refractivity contribution in [1.29, 1.82) is 0 Å². The lowest BCUT2D eigenvalue weighted by Gasteiger charge is -2.40. The number of carboxylic acid groups (broad SMARTS) is 1. The van der Waals surface area contributed by atoms with Crippen LogP contribution in [-0.4, -0.2) is 42.6 Å². The summed E-state index contributed by atoms with van der Waals surface area (Å²) in [6.45, 7) is -1.43. The zero-order chi connectivity index (χ0) is 17.3. The quantitative estimate of drug-likeness (QED) is 0.826. The van der Waals surface area contributed by atoms with Gasteiger partial charge in [0.25, 0.3) is 0 Å². The molecule has 0 radical (unpaired) electrons. The minimum Gasteiger partial charge on any atom is -0.465 e. The van der Waals surface area contributed by atoms with Gasteiger partial charge in [-0.3, -0.25) is 10.3 Å². The molecule has 126 valence electrons. The summed E-state index contributed by atoms with van der Waals surface area (Å²) in [5.41, 5.74) is -3.34. The SMILES string of the molecule is CC1(c2cc(Br)ccc2F)COC(CF)(CF)C(NC(=O)O)=N1. The predicted molar refractivity (Wildman–Crippen MR) is 80.7 cm³/mol. The highest BCUT2D eigenvalue weighted by Crippen LogP contribution is 2.36. The molecule has 0 spiro atoms. The summed E-state index contributed by atoms with van der Waals surface area (Å²) >= 11 is 3.21. The van der Waals surface area contributed by atoms with Crippen LogP contribution in [0.15, 0.2) is 27.7 Å². The number of halogens is 4. The van der Waals surface area contributed by atoms with Crippen molar-refractivity contribution < 1.29 is 27.8 Å². The highest BCUT2D eigenvalue weighted by molar-refractivity contribution is 9.10. The normalized spacial score (nSPS) is 23.3. The molecular weight excluding hydrogens is 381 g/mol. The number of nitrogens with one attached hydrogen (secondary N) is 1. The van der Waals surface area contributed by atoms with E-state index in [1.807, 2.05) is 5.32 Å². The molecule has 1 aliphatic rings. The molecule has 1 aliphatic heterocycles. The zero-order valence-corrected chi connectivity index (χ0v) is 13.7. The molecule has 2 rings (SSSR count). The van der Waals surface area contributed by atoms with Gasteiger partial charge in [-0.05, 0) is 25.1 Å². The smallest absolute Gasteiger partial charge is 0.410 e. The molecule has 1 amide bonds. The van der Waals surface area contributed by atoms with Gasteiger partial charge in [-0.1, -0.05) is 15.9 Å². The first-order chi connectivity index (χ1) is 10.8. The molecule has 1 aromatic rings. The average molecular weight is 395 g/mol. The maximum Gasteiger partial charge on any atom is 0.410 e. The van der Waals surface area contributed by atoms with E-state index in [2.05, 4.69) is 20.9 Å². The number of benzene rings is 1. The number of amidine groups is 1. The second-order valence-electron chi connectivity index (χ2n) is 5.34. The molecule has 1 unspecified atom stereocenters. The van der Waals surface area contributed by atoms with E-state index in [1.54, 1.807) is 0 Å². The Morgan fingerprint density at radius 2 is 2.13 bits per heavy atom. The van der Waals surface area contributed by atoms with Crippen LogP contribution in [0.25, 0.3) is 0 Å². The maximum absolute atomic E-state index is 14.1. The van der Waals surface area contributed by atoms with Crippen molar-refractivity contribution in [2.75, 3.05) is 20.0 Å². The number of hydrogen-bond acceptors (Lipinski definition) is 3. The van der Waals surface area contributed by atoms with Gasteiger partial charge in [0.1, 0.15) is 30.5 Å². The molecule has 1 atom stereocenters. The molecule has 0 bridgehead atoms. The van der Waals surface area contributed by atoms with Crippen LogP contribution in [0.4, 0.5) is 18.0 Å². The van der Waals surface area contributed by atoms with Crippen LogP contribution in [-0.2, 0) is 10.3 Å². The Labute approximate surface area is 138 Å².